The van der Waals surface area contributed by atoms with Gasteiger partial charge in [0.25, 0.3) is 0 Å². The van der Waals surface area contributed by atoms with Crippen LogP contribution in [0.3, 0.4) is 0 Å². The quantitative estimate of drug-likeness (QED) is 0.728. The molecule has 94 valence electrons. The Morgan fingerprint density at radius 1 is 0.889 bits per heavy atom. The molecule has 2 rings (SSSR count). The molecule has 2 aromatic carbocycles. The third-order valence-corrected chi connectivity index (χ3v) is 2.69. The molecule has 2 aromatic rings. The maximum atomic E-state index is 13.3. The first kappa shape index (κ1) is 12.4. The molecule has 0 spiro atoms. The van der Waals surface area contributed by atoms with Crippen molar-refractivity contribution in [3.63, 3.8) is 0 Å². The Hall–Kier alpha value is -2.07. The summed E-state index contributed by atoms with van der Waals surface area (Å²) in [5.74, 6) is -0.552. The molecule has 0 saturated heterocycles. The molecule has 0 fully saturated rings. The van der Waals surface area contributed by atoms with Crippen LogP contribution in [0.2, 0.25) is 0 Å². The number of rotatable bonds is 4. The van der Waals surface area contributed by atoms with Gasteiger partial charge in [-0.1, -0.05) is 30.3 Å². The molecule has 3 N–H and O–H groups in total. The Morgan fingerprint density at radius 2 is 1.56 bits per heavy atom. The summed E-state index contributed by atoms with van der Waals surface area (Å²) in [5, 5.41) is 21.9. The Labute approximate surface area is 105 Å². The lowest BCUT2D eigenvalue weighted by Crippen LogP contribution is -2.13. The van der Waals surface area contributed by atoms with E-state index >= 15 is 0 Å². The second-order valence-corrected chi connectivity index (χ2v) is 3.98. The van der Waals surface area contributed by atoms with E-state index in [-0.39, 0.29) is 17.3 Å². The van der Waals surface area contributed by atoms with Crippen molar-refractivity contribution in [2.75, 3.05) is 0 Å². The summed E-state index contributed by atoms with van der Waals surface area (Å²) in [5.41, 5.74) is 1.14. The molecular formula is C14H14FNO2. The van der Waals surface area contributed by atoms with E-state index in [9.17, 15) is 14.6 Å². The Kier molecular flexibility index (Phi) is 3.79. The van der Waals surface area contributed by atoms with E-state index in [0.29, 0.717) is 24.2 Å². The van der Waals surface area contributed by atoms with Gasteiger partial charge in [-0.05, 0) is 12.1 Å². The van der Waals surface area contributed by atoms with Gasteiger partial charge in [-0.15, -0.1) is 0 Å². The number of benzene rings is 2. The smallest absolute Gasteiger partial charge is 0.161 e. The number of halogens is 1. The van der Waals surface area contributed by atoms with Gasteiger partial charge in [0.15, 0.2) is 11.5 Å². The van der Waals surface area contributed by atoms with Crippen LogP contribution in [0.5, 0.6) is 11.5 Å². The van der Waals surface area contributed by atoms with Crippen molar-refractivity contribution in [2.24, 2.45) is 0 Å². The molecule has 0 aliphatic carbocycles. The van der Waals surface area contributed by atoms with Crippen LogP contribution in [0.15, 0.2) is 42.5 Å². The molecule has 0 heterocycles. The van der Waals surface area contributed by atoms with Crippen LogP contribution in [0.4, 0.5) is 4.39 Å². The zero-order valence-electron chi connectivity index (χ0n) is 9.73. The minimum atomic E-state index is -0.259. The number of nitrogens with one attached hydrogen (secondary N) is 1. The van der Waals surface area contributed by atoms with Gasteiger partial charge in [0.05, 0.1) is 0 Å². The van der Waals surface area contributed by atoms with Crippen molar-refractivity contribution in [3.8, 4) is 11.5 Å². The highest BCUT2D eigenvalue weighted by molar-refractivity contribution is 5.44. The average molecular weight is 247 g/mol. The monoisotopic (exact) mass is 247 g/mol. The maximum Gasteiger partial charge on any atom is 0.161 e. The minimum absolute atomic E-state index is 0.140. The van der Waals surface area contributed by atoms with Crippen LogP contribution in [0, 0.1) is 5.82 Å². The number of para-hydroxylation sites is 1. The topological polar surface area (TPSA) is 52.5 Å². The van der Waals surface area contributed by atoms with Gasteiger partial charge in [0.2, 0.25) is 0 Å². The summed E-state index contributed by atoms with van der Waals surface area (Å²) in [6.07, 6.45) is 0. The van der Waals surface area contributed by atoms with Crippen molar-refractivity contribution in [1.82, 2.24) is 5.32 Å². The lowest BCUT2D eigenvalue weighted by molar-refractivity contribution is 0.397. The summed E-state index contributed by atoms with van der Waals surface area (Å²) in [6.45, 7) is 0.719. The number of phenolic OH excluding ortho intramolecular Hbond substituents is 2. The van der Waals surface area contributed by atoms with E-state index in [0.717, 1.165) is 0 Å². The Balaban J connectivity index is 1.97. The average Bonchev–Trinajstić information content (AvgIpc) is 2.37. The molecule has 18 heavy (non-hydrogen) atoms. The molecule has 4 heteroatoms. The highest BCUT2D eigenvalue weighted by atomic mass is 19.1. The molecule has 0 aliphatic heterocycles. The highest BCUT2D eigenvalue weighted by Gasteiger charge is 2.05. The normalized spacial score (nSPS) is 10.5. The fourth-order valence-electron chi connectivity index (χ4n) is 1.69. The maximum absolute atomic E-state index is 13.3. The van der Waals surface area contributed by atoms with Crippen LogP contribution >= 0.6 is 0 Å². The SMILES string of the molecule is Oc1cccc(CNCc2ccccc2F)c1O. The summed E-state index contributed by atoms with van der Waals surface area (Å²) in [4.78, 5) is 0. The summed E-state index contributed by atoms with van der Waals surface area (Å²) in [6, 6.07) is 11.3. The van der Waals surface area contributed by atoms with Gasteiger partial charge in [-0.2, -0.15) is 0 Å². The van der Waals surface area contributed by atoms with Crippen LogP contribution in [0.25, 0.3) is 0 Å². The van der Waals surface area contributed by atoms with Crippen LogP contribution in [0.1, 0.15) is 11.1 Å². The van der Waals surface area contributed by atoms with Crippen molar-refractivity contribution < 1.29 is 14.6 Å². The summed E-state index contributed by atoms with van der Waals surface area (Å²) >= 11 is 0. The largest absolute Gasteiger partial charge is 0.504 e. The van der Waals surface area contributed by atoms with E-state index < -0.39 is 0 Å². The minimum Gasteiger partial charge on any atom is -0.504 e. The van der Waals surface area contributed by atoms with Crippen molar-refractivity contribution in [2.45, 2.75) is 13.1 Å². The molecule has 0 bridgehead atoms. The lowest BCUT2D eigenvalue weighted by Gasteiger charge is -2.08. The van der Waals surface area contributed by atoms with E-state index in [1.165, 1.54) is 12.1 Å². The van der Waals surface area contributed by atoms with Crippen molar-refractivity contribution in [3.05, 3.63) is 59.4 Å². The van der Waals surface area contributed by atoms with Gasteiger partial charge in [-0.25, -0.2) is 4.39 Å². The molecule has 0 unspecified atom stereocenters. The van der Waals surface area contributed by atoms with E-state index in [2.05, 4.69) is 5.32 Å². The zero-order chi connectivity index (χ0) is 13.0. The first-order chi connectivity index (χ1) is 8.68. The molecule has 0 saturated carbocycles. The number of phenols is 2. The Morgan fingerprint density at radius 3 is 2.33 bits per heavy atom. The van der Waals surface area contributed by atoms with E-state index in [1.54, 1.807) is 30.3 Å². The molecule has 0 atom stereocenters. The van der Waals surface area contributed by atoms with Gasteiger partial charge in [-0.3, -0.25) is 0 Å². The standard InChI is InChI=1S/C14H14FNO2/c15-12-6-2-1-4-10(12)8-16-9-11-5-3-7-13(17)14(11)18/h1-7,16-18H,8-9H2. The summed E-state index contributed by atoms with van der Waals surface area (Å²) in [7, 11) is 0. The van der Waals surface area contributed by atoms with Crippen LogP contribution in [-0.4, -0.2) is 10.2 Å². The zero-order valence-corrected chi connectivity index (χ0v) is 9.73. The second kappa shape index (κ2) is 5.51. The molecule has 3 nitrogen and oxygen atoms in total. The molecule has 0 radical (unpaired) electrons. The number of hydrogen-bond acceptors (Lipinski definition) is 3. The number of aromatic hydroxyl groups is 2. The molecule has 0 amide bonds. The van der Waals surface area contributed by atoms with Crippen LogP contribution in [-0.2, 0) is 13.1 Å². The lowest BCUT2D eigenvalue weighted by atomic mass is 10.1. The first-order valence-corrected chi connectivity index (χ1v) is 5.62. The molecular weight excluding hydrogens is 233 g/mol. The fourth-order valence-corrected chi connectivity index (χ4v) is 1.69. The third kappa shape index (κ3) is 2.78. The number of hydrogen-bond donors (Lipinski definition) is 3. The fraction of sp³-hybridized carbons (Fsp3) is 0.143. The first-order valence-electron chi connectivity index (χ1n) is 5.62. The molecule has 0 aliphatic rings. The summed E-state index contributed by atoms with van der Waals surface area (Å²) < 4.78 is 13.3. The van der Waals surface area contributed by atoms with Gasteiger partial charge in [0.1, 0.15) is 5.82 Å². The Bertz CT molecular complexity index is 543. The third-order valence-electron chi connectivity index (χ3n) is 2.69. The van der Waals surface area contributed by atoms with Gasteiger partial charge in [0, 0.05) is 24.2 Å². The van der Waals surface area contributed by atoms with E-state index in [1.807, 2.05) is 0 Å². The van der Waals surface area contributed by atoms with Crippen molar-refractivity contribution in [1.29, 1.82) is 0 Å². The predicted molar refractivity (Wildman–Crippen MR) is 66.7 cm³/mol. The van der Waals surface area contributed by atoms with Gasteiger partial charge < -0.3 is 15.5 Å². The predicted octanol–water partition coefficient (Wildman–Crippen LogP) is 2.53. The highest BCUT2D eigenvalue weighted by Crippen LogP contribution is 2.27. The van der Waals surface area contributed by atoms with Crippen molar-refractivity contribution >= 4 is 0 Å². The van der Waals surface area contributed by atoms with Crippen LogP contribution < -0.4 is 5.32 Å². The molecule has 0 aromatic heterocycles. The van der Waals surface area contributed by atoms with Gasteiger partial charge >= 0.3 is 0 Å². The second-order valence-electron chi connectivity index (χ2n) is 3.98. The van der Waals surface area contributed by atoms with E-state index in [4.69, 9.17) is 0 Å².